The van der Waals surface area contributed by atoms with Crippen molar-refractivity contribution in [2.75, 3.05) is 10.6 Å². The number of nitrogens with zero attached hydrogens (tertiary/aromatic N) is 5. The third-order valence-corrected chi connectivity index (χ3v) is 3.94. The van der Waals surface area contributed by atoms with Gasteiger partial charge in [-0.25, -0.2) is 19.9 Å². The molecule has 0 atom stereocenters. The summed E-state index contributed by atoms with van der Waals surface area (Å²) in [5.41, 5.74) is -0.907. The topological polar surface area (TPSA) is 119 Å². The van der Waals surface area contributed by atoms with Crippen LogP contribution in [0, 0.1) is 17.0 Å². The molecule has 0 fully saturated rings. The average Bonchev–Trinajstić information content (AvgIpc) is 2.64. The molecule has 9 nitrogen and oxygen atoms in total. The lowest BCUT2D eigenvalue weighted by atomic mass is 10.2. The molecule has 13 heteroatoms. The van der Waals surface area contributed by atoms with Crippen molar-refractivity contribution in [1.82, 2.24) is 19.9 Å². The number of hydrogen-bond acceptors (Lipinski definition) is 8. The van der Waals surface area contributed by atoms with Crippen LogP contribution in [-0.2, 0) is 6.18 Å². The third kappa shape index (κ3) is 4.48. The molecule has 0 unspecified atom stereocenters. The molecule has 0 aliphatic rings. The molecule has 3 rings (SSSR count). The van der Waals surface area contributed by atoms with Gasteiger partial charge in [-0.05, 0) is 24.6 Å². The first-order chi connectivity index (χ1) is 13.7. The van der Waals surface area contributed by atoms with E-state index in [1.54, 1.807) is 19.1 Å². The van der Waals surface area contributed by atoms with Gasteiger partial charge in [0.05, 0.1) is 15.5 Å². The van der Waals surface area contributed by atoms with Crippen molar-refractivity contribution in [2.24, 2.45) is 0 Å². The molecular formula is C16H11ClF3N7O2. The Morgan fingerprint density at radius 1 is 1.07 bits per heavy atom. The van der Waals surface area contributed by atoms with Crippen molar-refractivity contribution in [3.63, 3.8) is 0 Å². The molecule has 0 saturated heterocycles. The highest BCUT2D eigenvalue weighted by atomic mass is 35.5. The summed E-state index contributed by atoms with van der Waals surface area (Å²) in [6.07, 6.45) is -1.55. The highest BCUT2D eigenvalue weighted by Crippen LogP contribution is 2.36. The van der Waals surface area contributed by atoms with Gasteiger partial charge in [0.15, 0.2) is 5.82 Å². The van der Waals surface area contributed by atoms with Gasteiger partial charge in [0.2, 0.25) is 11.6 Å². The number of aromatic nitrogens is 4. The zero-order valence-electron chi connectivity index (χ0n) is 14.5. The lowest BCUT2D eigenvalue weighted by Gasteiger charge is -2.12. The molecule has 0 bridgehead atoms. The van der Waals surface area contributed by atoms with Crippen molar-refractivity contribution in [1.29, 1.82) is 0 Å². The quantitative estimate of drug-likeness (QED) is 0.448. The Morgan fingerprint density at radius 3 is 2.28 bits per heavy atom. The first kappa shape index (κ1) is 20.2. The van der Waals surface area contributed by atoms with E-state index in [9.17, 15) is 23.3 Å². The molecule has 0 radical (unpaired) electrons. The van der Waals surface area contributed by atoms with E-state index in [1.165, 1.54) is 6.20 Å². The molecule has 0 aliphatic carbocycles. The van der Waals surface area contributed by atoms with Crippen LogP contribution in [-0.4, -0.2) is 24.9 Å². The van der Waals surface area contributed by atoms with Gasteiger partial charge >= 0.3 is 11.9 Å². The van der Waals surface area contributed by atoms with Crippen LogP contribution in [0.15, 0.2) is 36.9 Å². The Morgan fingerprint density at radius 2 is 1.72 bits per heavy atom. The van der Waals surface area contributed by atoms with Crippen LogP contribution in [0.4, 0.5) is 42.1 Å². The van der Waals surface area contributed by atoms with Crippen molar-refractivity contribution in [3.05, 3.63) is 63.2 Å². The zero-order valence-corrected chi connectivity index (χ0v) is 15.3. The Hall–Kier alpha value is -3.54. The smallest absolute Gasteiger partial charge is 0.319 e. The summed E-state index contributed by atoms with van der Waals surface area (Å²) in [7, 11) is 0. The SMILES string of the molecule is Cc1cccnc1Nc1ncnc(Nc2ncc(C(F)(F)F)cc2Cl)c1[N+](=O)[O-]. The lowest BCUT2D eigenvalue weighted by molar-refractivity contribution is -0.383. The molecule has 2 N–H and O–H groups in total. The van der Waals surface area contributed by atoms with E-state index in [0.29, 0.717) is 23.6 Å². The average molecular weight is 426 g/mol. The maximum atomic E-state index is 12.7. The van der Waals surface area contributed by atoms with Crippen molar-refractivity contribution in [2.45, 2.75) is 13.1 Å². The number of halogens is 4. The largest absolute Gasteiger partial charge is 0.417 e. The molecule has 0 spiro atoms. The van der Waals surface area contributed by atoms with Gasteiger partial charge in [-0.1, -0.05) is 17.7 Å². The number of hydrogen-bond donors (Lipinski definition) is 2. The monoisotopic (exact) mass is 425 g/mol. The molecular weight excluding hydrogens is 415 g/mol. The minimum atomic E-state index is -4.63. The molecule has 29 heavy (non-hydrogen) atoms. The van der Waals surface area contributed by atoms with E-state index in [4.69, 9.17) is 11.6 Å². The highest BCUT2D eigenvalue weighted by Gasteiger charge is 2.32. The zero-order chi connectivity index (χ0) is 21.2. The van der Waals surface area contributed by atoms with E-state index < -0.39 is 22.4 Å². The minimum absolute atomic E-state index is 0.169. The second-order valence-electron chi connectivity index (χ2n) is 5.65. The Bertz CT molecular complexity index is 1080. The number of pyridine rings is 2. The van der Waals surface area contributed by atoms with Crippen LogP contribution in [0.5, 0.6) is 0 Å². The maximum Gasteiger partial charge on any atom is 0.417 e. The first-order valence-electron chi connectivity index (χ1n) is 7.84. The fourth-order valence-electron chi connectivity index (χ4n) is 2.26. The van der Waals surface area contributed by atoms with Crippen molar-refractivity contribution in [3.8, 4) is 0 Å². The summed E-state index contributed by atoms with van der Waals surface area (Å²) in [5, 5.41) is 16.4. The van der Waals surface area contributed by atoms with Crippen LogP contribution in [0.25, 0.3) is 0 Å². The van der Waals surface area contributed by atoms with Crippen LogP contribution in [0.1, 0.15) is 11.1 Å². The van der Waals surface area contributed by atoms with Gasteiger partial charge in [0.25, 0.3) is 0 Å². The number of aryl methyl sites for hydroxylation is 1. The minimum Gasteiger partial charge on any atom is -0.319 e. The first-order valence-corrected chi connectivity index (χ1v) is 8.22. The van der Waals surface area contributed by atoms with E-state index in [1.807, 2.05) is 0 Å². The second kappa shape index (κ2) is 7.83. The van der Waals surface area contributed by atoms with E-state index in [2.05, 4.69) is 30.6 Å². The predicted molar refractivity (Wildman–Crippen MR) is 98.5 cm³/mol. The number of alkyl halides is 3. The predicted octanol–water partition coefficient (Wildman–Crippen LogP) is 4.64. The molecule has 150 valence electrons. The summed E-state index contributed by atoms with van der Waals surface area (Å²) in [6, 6.07) is 4.09. The van der Waals surface area contributed by atoms with Crippen LogP contribution >= 0.6 is 11.6 Å². The Balaban J connectivity index is 1.98. The van der Waals surface area contributed by atoms with Gasteiger partial charge < -0.3 is 10.6 Å². The number of anilines is 4. The van der Waals surface area contributed by atoms with Gasteiger partial charge in [-0.2, -0.15) is 13.2 Å². The van der Waals surface area contributed by atoms with Crippen molar-refractivity contribution < 1.29 is 18.1 Å². The second-order valence-corrected chi connectivity index (χ2v) is 6.05. The standard InChI is InChI=1S/C16H11ClF3N7O2/c1-8-3-2-4-21-12(8)25-14-11(27(28)29)15(24-7-23-14)26-13-10(17)5-9(6-22-13)16(18,19)20/h2-7H,1H3,(H2,21,22,23,24,25,26). The molecule has 0 aromatic carbocycles. The van der Waals surface area contributed by atoms with Crippen molar-refractivity contribution >= 4 is 40.6 Å². The summed E-state index contributed by atoms with van der Waals surface area (Å²) < 4.78 is 38.2. The molecule has 3 heterocycles. The van der Waals surface area contributed by atoms with Gasteiger partial charge in [0.1, 0.15) is 12.1 Å². The van der Waals surface area contributed by atoms with Gasteiger partial charge in [-0.3, -0.25) is 10.1 Å². The van der Waals surface area contributed by atoms with E-state index in [0.717, 1.165) is 6.33 Å². The van der Waals surface area contributed by atoms with Crippen LogP contribution < -0.4 is 10.6 Å². The van der Waals surface area contributed by atoms with Gasteiger partial charge in [0, 0.05) is 12.4 Å². The Kier molecular flexibility index (Phi) is 5.46. The summed E-state index contributed by atoms with van der Waals surface area (Å²) >= 11 is 5.84. The molecule has 0 saturated carbocycles. The molecule has 0 amide bonds. The van der Waals surface area contributed by atoms with Gasteiger partial charge in [-0.15, -0.1) is 0 Å². The summed E-state index contributed by atoms with van der Waals surface area (Å²) in [6.45, 7) is 1.74. The maximum absolute atomic E-state index is 12.7. The summed E-state index contributed by atoms with van der Waals surface area (Å²) in [5.74, 6) is -0.375. The number of nitro groups is 1. The van der Waals surface area contributed by atoms with E-state index in [-0.39, 0.29) is 22.5 Å². The molecule has 0 aliphatic heterocycles. The highest BCUT2D eigenvalue weighted by molar-refractivity contribution is 6.33. The summed E-state index contributed by atoms with van der Waals surface area (Å²) in [4.78, 5) is 26.2. The molecule has 3 aromatic heterocycles. The molecule has 3 aromatic rings. The van der Waals surface area contributed by atoms with Crippen LogP contribution in [0.2, 0.25) is 5.02 Å². The number of rotatable bonds is 5. The fourth-order valence-corrected chi connectivity index (χ4v) is 2.47. The fraction of sp³-hybridized carbons (Fsp3) is 0.125. The Labute approximate surface area is 166 Å². The van der Waals surface area contributed by atoms with Crippen LogP contribution in [0.3, 0.4) is 0 Å². The van der Waals surface area contributed by atoms with E-state index >= 15 is 0 Å². The normalized spacial score (nSPS) is 11.2. The number of nitrogens with one attached hydrogen (secondary N) is 2. The third-order valence-electron chi connectivity index (χ3n) is 3.66. The lowest BCUT2D eigenvalue weighted by Crippen LogP contribution is -2.09.